The van der Waals surface area contributed by atoms with Crippen molar-refractivity contribution in [2.75, 3.05) is 0 Å². The minimum Gasteiger partial charge on any atom is -0.414 e. The zero-order chi connectivity index (χ0) is 14.7. The fourth-order valence-corrected chi connectivity index (χ4v) is 1.53. The summed E-state index contributed by atoms with van der Waals surface area (Å²) in [5, 5.41) is 10.8. The van der Waals surface area contributed by atoms with Gasteiger partial charge in [0, 0.05) is 17.8 Å². The van der Waals surface area contributed by atoms with Gasteiger partial charge in [-0.1, -0.05) is 6.07 Å². The summed E-state index contributed by atoms with van der Waals surface area (Å²) in [6.45, 7) is 1.68. The van der Waals surface area contributed by atoms with Gasteiger partial charge in [-0.2, -0.15) is 0 Å². The van der Waals surface area contributed by atoms with Crippen LogP contribution < -0.4 is 4.74 Å². The second kappa shape index (κ2) is 5.43. The number of hydrogen-bond acceptors (Lipinski definition) is 5. The van der Waals surface area contributed by atoms with Gasteiger partial charge >= 0.3 is 11.7 Å². The van der Waals surface area contributed by atoms with Crippen LogP contribution in [0.15, 0.2) is 36.4 Å². The van der Waals surface area contributed by atoms with E-state index in [1.165, 1.54) is 6.07 Å². The van der Waals surface area contributed by atoms with Crippen LogP contribution in [0.4, 0.5) is 10.1 Å². The first-order valence-corrected chi connectivity index (χ1v) is 5.57. The summed E-state index contributed by atoms with van der Waals surface area (Å²) >= 11 is 0. The van der Waals surface area contributed by atoms with Crippen molar-refractivity contribution in [3.05, 3.63) is 63.7 Å². The molecule has 1 aromatic carbocycles. The van der Waals surface area contributed by atoms with Crippen LogP contribution in [0, 0.1) is 22.9 Å². The van der Waals surface area contributed by atoms with E-state index in [2.05, 4.69) is 4.98 Å². The van der Waals surface area contributed by atoms with Crippen LogP contribution in [0.2, 0.25) is 0 Å². The molecule has 6 nitrogen and oxygen atoms in total. The van der Waals surface area contributed by atoms with Crippen molar-refractivity contribution < 1.29 is 18.8 Å². The highest BCUT2D eigenvalue weighted by Crippen LogP contribution is 2.28. The van der Waals surface area contributed by atoms with Crippen LogP contribution in [0.1, 0.15) is 16.2 Å². The summed E-state index contributed by atoms with van der Waals surface area (Å²) in [5.41, 5.74) is 0.0872. The number of rotatable bonds is 3. The molecule has 20 heavy (non-hydrogen) atoms. The number of carbonyl (C=O) groups excluding carboxylic acids is 1. The number of aromatic nitrogens is 1. The van der Waals surface area contributed by atoms with E-state index in [0.717, 1.165) is 18.2 Å². The van der Waals surface area contributed by atoms with Gasteiger partial charge in [-0.3, -0.25) is 10.1 Å². The van der Waals surface area contributed by atoms with Crippen molar-refractivity contribution in [2.45, 2.75) is 6.92 Å². The molecule has 0 aliphatic heterocycles. The molecule has 0 aliphatic rings. The minimum atomic E-state index is -0.887. The smallest absolute Gasteiger partial charge is 0.362 e. The van der Waals surface area contributed by atoms with Crippen LogP contribution in [-0.2, 0) is 0 Å². The van der Waals surface area contributed by atoms with Gasteiger partial charge in [0.25, 0.3) is 0 Å². The normalized spacial score (nSPS) is 10.1. The number of nitro groups is 1. The van der Waals surface area contributed by atoms with Gasteiger partial charge in [-0.05, 0) is 25.1 Å². The van der Waals surface area contributed by atoms with E-state index in [-0.39, 0.29) is 5.69 Å². The molecule has 0 atom stereocenters. The van der Waals surface area contributed by atoms with Crippen molar-refractivity contribution >= 4 is 11.7 Å². The summed E-state index contributed by atoms with van der Waals surface area (Å²) in [6, 6.07) is 7.31. The lowest BCUT2D eigenvalue weighted by atomic mass is 10.3. The first-order chi connectivity index (χ1) is 9.47. The standard InChI is InChI=1S/C13H9FN2O4/c1-8-3-2-4-10(15-8)13(17)20-12-7-9(14)5-6-11(12)16(18)19/h2-7H,1H3. The van der Waals surface area contributed by atoms with Gasteiger partial charge in [0.2, 0.25) is 5.75 Å². The van der Waals surface area contributed by atoms with E-state index in [1.54, 1.807) is 19.1 Å². The number of ether oxygens (including phenoxy) is 1. The number of hydrogen-bond donors (Lipinski definition) is 0. The van der Waals surface area contributed by atoms with Crippen molar-refractivity contribution in [1.82, 2.24) is 4.98 Å². The monoisotopic (exact) mass is 276 g/mol. The van der Waals surface area contributed by atoms with E-state index < -0.39 is 28.1 Å². The third-order valence-corrected chi connectivity index (χ3v) is 2.42. The topological polar surface area (TPSA) is 82.3 Å². The zero-order valence-corrected chi connectivity index (χ0v) is 10.4. The van der Waals surface area contributed by atoms with E-state index >= 15 is 0 Å². The number of pyridine rings is 1. The van der Waals surface area contributed by atoms with Gasteiger partial charge in [0.15, 0.2) is 0 Å². The Labute approximate surface area is 113 Å². The fourth-order valence-electron chi connectivity index (χ4n) is 1.53. The predicted molar refractivity (Wildman–Crippen MR) is 67.0 cm³/mol. The lowest BCUT2D eigenvalue weighted by molar-refractivity contribution is -0.385. The molecule has 0 aliphatic carbocycles. The molecule has 7 heteroatoms. The molecule has 0 N–H and O–H groups in total. The average molecular weight is 276 g/mol. The molecule has 2 aromatic rings. The van der Waals surface area contributed by atoms with Gasteiger partial charge in [0.05, 0.1) is 4.92 Å². The summed E-state index contributed by atoms with van der Waals surface area (Å²) < 4.78 is 17.9. The third kappa shape index (κ3) is 2.94. The number of nitrogens with zero attached hydrogens (tertiary/aromatic N) is 2. The number of aryl methyl sites for hydroxylation is 1. The van der Waals surface area contributed by atoms with E-state index in [0.29, 0.717) is 5.69 Å². The maximum atomic E-state index is 13.1. The first kappa shape index (κ1) is 13.6. The third-order valence-electron chi connectivity index (χ3n) is 2.42. The van der Waals surface area contributed by atoms with E-state index in [4.69, 9.17) is 4.74 Å². The van der Waals surface area contributed by atoms with Crippen molar-refractivity contribution in [3.8, 4) is 5.75 Å². The highest BCUT2D eigenvalue weighted by molar-refractivity contribution is 5.89. The van der Waals surface area contributed by atoms with Gasteiger partial charge in [0.1, 0.15) is 11.5 Å². The molecule has 1 heterocycles. The Morgan fingerprint density at radius 2 is 2.10 bits per heavy atom. The van der Waals surface area contributed by atoms with Crippen molar-refractivity contribution in [3.63, 3.8) is 0 Å². The summed E-state index contributed by atoms with van der Waals surface area (Å²) in [5.74, 6) is -2.08. The molecule has 0 saturated carbocycles. The summed E-state index contributed by atoms with van der Waals surface area (Å²) in [6.07, 6.45) is 0. The molecule has 0 spiro atoms. The molecule has 0 radical (unpaired) electrons. The van der Waals surface area contributed by atoms with E-state index in [9.17, 15) is 19.3 Å². The van der Waals surface area contributed by atoms with Crippen LogP contribution in [0.3, 0.4) is 0 Å². The quantitative estimate of drug-likeness (QED) is 0.372. The molecule has 0 fully saturated rings. The van der Waals surface area contributed by atoms with Crippen LogP contribution in [0.5, 0.6) is 5.75 Å². The molecule has 0 bridgehead atoms. The van der Waals surface area contributed by atoms with Gasteiger partial charge in [-0.25, -0.2) is 14.2 Å². The number of halogens is 1. The Morgan fingerprint density at radius 1 is 1.35 bits per heavy atom. The van der Waals surface area contributed by atoms with E-state index in [1.807, 2.05) is 0 Å². The summed E-state index contributed by atoms with van der Waals surface area (Å²) in [7, 11) is 0. The van der Waals surface area contributed by atoms with Gasteiger partial charge < -0.3 is 4.74 Å². The van der Waals surface area contributed by atoms with Crippen LogP contribution in [-0.4, -0.2) is 15.9 Å². The summed E-state index contributed by atoms with van der Waals surface area (Å²) in [4.78, 5) is 25.8. The van der Waals surface area contributed by atoms with Crippen molar-refractivity contribution in [1.29, 1.82) is 0 Å². The Bertz CT molecular complexity index is 688. The molecular formula is C13H9FN2O4. The highest BCUT2D eigenvalue weighted by atomic mass is 19.1. The Kier molecular flexibility index (Phi) is 3.69. The number of carbonyl (C=O) groups is 1. The second-order valence-electron chi connectivity index (χ2n) is 3.92. The molecule has 0 unspecified atom stereocenters. The lowest BCUT2D eigenvalue weighted by Crippen LogP contribution is -2.12. The molecule has 0 amide bonds. The minimum absolute atomic E-state index is 0.0106. The molecule has 0 saturated heterocycles. The highest BCUT2D eigenvalue weighted by Gasteiger charge is 2.20. The Balaban J connectivity index is 2.32. The lowest BCUT2D eigenvalue weighted by Gasteiger charge is -2.05. The molecular weight excluding hydrogens is 267 g/mol. The fraction of sp³-hybridized carbons (Fsp3) is 0.0769. The maximum Gasteiger partial charge on any atom is 0.362 e. The predicted octanol–water partition coefficient (Wildman–Crippen LogP) is 2.66. The number of nitro benzene ring substituents is 1. The molecule has 1 aromatic heterocycles. The molecule has 102 valence electrons. The van der Waals surface area contributed by atoms with Gasteiger partial charge in [-0.15, -0.1) is 0 Å². The Morgan fingerprint density at radius 3 is 2.75 bits per heavy atom. The number of esters is 1. The van der Waals surface area contributed by atoms with Crippen LogP contribution in [0.25, 0.3) is 0 Å². The van der Waals surface area contributed by atoms with Crippen molar-refractivity contribution in [2.24, 2.45) is 0 Å². The van der Waals surface area contributed by atoms with Crippen LogP contribution >= 0.6 is 0 Å². The molecule has 2 rings (SSSR count). The zero-order valence-electron chi connectivity index (χ0n) is 10.4. The maximum absolute atomic E-state index is 13.1. The Hall–Kier alpha value is -2.83. The largest absolute Gasteiger partial charge is 0.414 e. The SMILES string of the molecule is Cc1cccc(C(=O)Oc2cc(F)ccc2[N+](=O)[O-])n1. The first-order valence-electron chi connectivity index (χ1n) is 5.57. The average Bonchev–Trinajstić information content (AvgIpc) is 2.38. The number of benzene rings is 1. The second-order valence-corrected chi connectivity index (χ2v) is 3.92.